The van der Waals surface area contributed by atoms with Crippen molar-refractivity contribution in [3.63, 3.8) is 0 Å². The number of alkyl halides is 3. The van der Waals surface area contributed by atoms with Crippen LogP contribution in [0.1, 0.15) is 13.8 Å². The van der Waals surface area contributed by atoms with Crippen molar-refractivity contribution in [2.24, 2.45) is 0 Å². The summed E-state index contributed by atoms with van der Waals surface area (Å²) in [4.78, 5) is 10.8. The van der Waals surface area contributed by atoms with E-state index in [1.165, 1.54) is 13.8 Å². The van der Waals surface area contributed by atoms with Gasteiger partial charge in [-0.05, 0) is 13.8 Å². The van der Waals surface area contributed by atoms with Crippen molar-refractivity contribution in [3.05, 3.63) is 0 Å². The van der Waals surface area contributed by atoms with E-state index in [9.17, 15) is 26.4 Å². The molecule has 0 saturated heterocycles. The zero-order valence-electron chi connectivity index (χ0n) is 7.78. The maximum absolute atomic E-state index is 12.1. The van der Waals surface area contributed by atoms with E-state index in [0.29, 0.717) is 0 Å². The number of ether oxygens (including phenoxy) is 1. The highest BCUT2D eigenvalue weighted by Crippen LogP contribution is 2.26. The minimum atomic E-state index is -5.57. The van der Waals surface area contributed by atoms with E-state index in [2.05, 4.69) is 4.74 Å². The number of halogens is 3. The molecule has 0 amide bonds. The lowest BCUT2D eigenvalue weighted by Crippen LogP contribution is -2.44. The molecule has 0 aromatic rings. The number of carbonyl (C=O) groups is 1. The average molecular weight is 250 g/mol. The van der Waals surface area contributed by atoms with E-state index in [-0.39, 0.29) is 0 Å². The van der Waals surface area contributed by atoms with Crippen LogP contribution in [-0.4, -0.2) is 36.5 Å². The van der Waals surface area contributed by atoms with Crippen LogP contribution < -0.4 is 0 Å². The van der Waals surface area contributed by atoms with E-state index < -0.39 is 33.6 Å². The first-order chi connectivity index (χ1) is 6.46. The zero-order chi connectivity index (χ0) is 12.4. The Hall–Kier alpha value is -0.830. The molecule has 0 aliphatic heterocycles. The second kappa shape index (κ2) is 4.35. The molecule has 1 atom stereocenters. The van der Waals surface area contributed by atoms with Gasteiger partial charge in [-0.15, -0.1) is 0 Å². The van der Waals surface area contributed by atoms with Gasteiger partial charge in [-0.2, -0.15) is 21.6 Å². The predicted molar refractivity (Wildman–Crippen MR) is 42.6 cm³/mol. The van der Waals surface area contributed by atoms with Gasteiger partial charge in [0.15, 0.2) is 0 Å². The Balaban J connectivity index is 5.08. The summed E-state index contributed by atoms with van der Waals surface area (Å²) in [5.41, 5.74) is 0. The van der Waals surface area contributed by atoms with Crippen molar-refractivity contribution in [2.45, 2.75) is 31.4 Å². The predicted octanol–water partition coefficient (Wildman–Crippen LogP) is 0.757. The quantitative estimate of drug-likeness (QED) is 0.590. The van der Waals surface area contributed by atoms with Crippen LogP contribution in [0.25, 0.3) is 0 Å². The highest BCUT2D eigenvalue weighted by Gasteiger charge is 2.55. The Morgan fingerprint density at radius 1 is 1.33 bits per heavy atom. The molecule has 0 heterocycles. The minimum Gasteiger partial charge on any atom is -0.462 e. The molecule has 0 bridgehead atoms. The summed E-state index contributed by atoms with van der Waals surface area (Å²) < 4.78 is 69.2. The Morgan fingerprint density at radius 3 is 1.93 bits per heavy atom. The number of esters is 1. The van der Waals surface area contributed by atoms with Crippen molar-refractivity contribution in [2.75, 3.05) is 0 Å². The van der Waals surface area contributed by atoms with Crippen LogP contribution in [0.15, 0.2) is 0 Å². The normalized spacial score (nSPS) is 15.1. The van der Waals surface area contributed by atoms with Crippen molar-refractivity contribution in [1.82, 2.24) is 0 Å². The molecular weight excluding hydrogens is 241 g/mol. The monoisotopic (exact) mass is 250 g/mol. The molecule has 0 spiro atoms. The zero-order valence-corrected chi connectivity index (χ0v) is 8.59. The van der Waals surface area contributed by atoms with Crippen LogP contribution in [0, 0.1) is 0 Å². The van der Waals surface area contributed by atoms with Crippen molar-refractivity contribution >= 4 is 16.1 Å². The lowest BCUT2D eigenvalue weighted by molar-refractivity contribution is -0.172. The van der Waals surface area contributed by atoms with Crippen LogP contribution in [0.3, 0.4) is 0 Å². The number of carbonyl (C=O) groups excluding carboxylic acids is 1. The number of hydrogen-bond acceptors (Lipinski definition) is 4. The third-order valence-corrected chi connectivity index (χ3v) is 2.22. The fourth-order valence-electron chi connectivity index (χ4n) is 0.718. The van der Waals surface area contributed by atoms with Gasteiger partial charge in [0, 0.05) is 0 Å². The third kappa shape index (κ3) is 4.47. The molecule has 15 heavy (non-hydrogen) atoms. The first kappa shape index (κ1) is 14.2. The van der Waals surface area contributed by atoms with E-state index >= 15 is 0 Å². The summed E-state index contributed by atoms with van der Waals surface area (Å²) in [6.45, 7) is 2.49. The second-order valence-corrected chi connectivity index (χ2v) is 4.42. The summed E-state index contributed by atoms with van der Waals surface area (Å²) in [6.07, 6.45) is -6.32. The third-order valence-electron chi connectivity index (χ3n) is 1.16. The van der Waals surface area contributed by atoms with Gasteiger partial charge in [0.05, 0.1) is 6.10 Å². The molecule has 0 rings (SSSR count). The molecule has 1 N–H and O–H groups in total. The fraction of sp³-hybridized carbons (Fsp3) is 0.833. The topological polar surface area (TPSA) is 80.7 Å². The molecule has 0 radical (unpaired) electrons. The van der Waals surface area contributed by atoms with Crippen LogP contribution in [0.5, 0.6) is 0 Å². The first-order valence-electron chi connectivity index (χ1n) is 3.69. The molecule has 0 aromatic heterocycles. The van der Waals surface area contributed by atoms with Crippen molar-refractivity contribution in [1.29, 1.82) is 0 Å². The minimum absolute atomic E-state index is 0.913. The van der Waals surface area contributed by atoms with Gasteiger partial charge in [-0.3, -0.25) is 9.35 Å². The molecule has 5 nitrogen and oxygen atoms in total. The number of hydrogen-bond donors (Lipinski definition) is 1. The lowest BCUT2D eigenvalue weighted by atomic mass is 10.4. The molecule has 90 valence electrons. The lowest BCUT2D eigenvalue weighted by Gasteiger charge is -2.17. The van der Waals surface area contributed by atoms with Gasteiger partial charge in [-0.1, -0.05) is 0 Å². The second-order valence-electron chi connectivity index (χ2n) is 2.92. The molecule has 0 aliphatic rings. The van der Waals surface area contributed by atoms with Gasteiger partial charge in [0.1, 0.15) is 0 Å². The average Bonchev–Trinajstić information content (AvgIpc) is 1.74. The largest absolute Gasteiger partial charge is 0.462 e. The Bertz CT molecular complexity index is 331. The maximum Gasteiger partial charge on any atom is 0.418 e. The number of rotatable bonds is 3. The Morgan fingerprint density at radius 2 is 1.73 bits per heavy atom. The smallest absolute Gasteiger partial charge is 0.418 e. The fourth-order valence-corrected chi connectivity index (χ4v) is 1.35. The van der Waals surface area contributed by atoms with Crippen LogP contribution in [-0.2, 0) is 19.6 Å². The van der Waals surface area contributed by atoms with Gasteiger partial charge < -0.3 is 4.74 Å². The van der Waals surface area contributed by atoms with Crippen LogP contribution in [0.2, 0.25) is 0 Å². The molecule has 0 aromatic carbocycles. The van der Waals surface area contributed by atoms with Crippen molar-refractivity contribution in [3.8, 4) is 0 Å². The molecule has 0 aliphatic carbocycles. The first-order valence-corrected chi connectivity index (χ1v) is 5.20. The Labute approximate surface area is 84.0 Å². The summed E-state index contributed by atoms with van der Waals surface area (Å²) in [5, 5.41) is -3.55. The SMILES string of the molecule is CC(C)OC(=O)C(C(F)(F)F)S(=O)(=O)O. The van der Waals surface area contributed by atoms with E-state index in [1.807, 2.05) is 0 Å². The molecule has 1 unspecified atom stereocenters. The van der Waals surface area contributed by atoms with Crippen molar-refractivity contribution < 1.29 is 35.7 Å². The van der Waals surface area contributed by atoms with Crippen LogP contribution >= 0.6 is 0 Å². The van der Waals surface area contributed by atoms with Gasteiger partial charge in [0.2, 0.25) is 0 Å². The molecular formula is C6H9F3O5S. The summed E-state index contributed by atoms with van der Waals surface area (Å²) in [7, 11) is -5.57. The van der Waals surface area contributed by atoms with Gasteiger partial charge >= 0.3 is 12.1 Å². The van der Waals surface area contributed by atoms with Crippen LogP contribution in [0.4, 0.5) is 13.2 Å². The Kier molecular flexibility index (Phi) is 4.11. The molecule has 0 saturated carbocycles. The van der Waals surface area contributed by atoms with E-state index in [1.54, 1.807) is 0 Å². The molecule has 0 fully saturated rings. The van der Waals surface area contributed by atoms with E-state index in [4.69, 9.17) is 4.55 Å². The molecule has 9 heteroatoms. The van der Waals surface area contributed by atoms with Gasteiger partial charge in [-0.25, -0.2) is 0 Å². The highest BCUT2D eigenvalue weighted by molar-refractivity contribution is 7.87. The maximum atomic E-state index is 12.1. The van der Waals surface area contributed by atoms with Gasteiger partial charge in [0.25, 0.3) is 15.4 Å². The van der Waals surface area contributed by atoms with E-state index in [0.717, 1.165) is 0 Å². The summed E-state index contributed by atoms with van der Waals surface area (Å²) in [5.74, 6) is -2.04. The summed E-state index contributed by atoms with van der Waals surface area (Å²) in [6, 6.07) is 0. The summed E-state index contributed by atoms with van der Waals surface area (Å²) >= 11 is 0. The highest BCUT2D eigenvalue weighted by atomic mass is 32.2. The standard InChI is InChI=1S/C6H9F3O5S/c1-3(2)14-5(10)4(6(7,8)9)15(11,12)13/h3-4H,1-2H3,(H,11,12,13).